The third kappa shape index (κ3) is 7.24. The Kier molecular flexibility index (Phi) is 8.64. The van der Waals surface area contributed by atoms with Gasteiger partial charge in [-0.05, 0) is 54.5 Å². The Hall–Kier alpha value is -2.39. The van der Waals surface area contributed by atoms with Gasteiger partial charge < -0.3 is 9.47 Å². The molecule has 0 amide bonds. The molecule has 0 radical (unpaired) electrons. The monoisotopic (exact) mass is 352 g/mol. The van der Waals surface area contributed by atoms with Crippen molar-refractivity contribution in [3.63, 3.8) is 0 Å². The molecule has 1 unspecified atom stereocenters. The van der Waals surface area contributed by atoms with Crippen LogP contribution in [0.2, 0.25) is 0 Å². The summed E-state index contributed by atoms with van der Waals surface area (Å²) in [6.07, 6.45) is 5.96. The lowest BCUT2D eigenvalue weighted by molar-refractivity contribution is -0.105. The molecule has 0 N–H and O–H groups in total. The average Bonchev–Trinajstić information content (AvgIpc) is 2.70. The maximum absolute atomic E-state index is 11.2. The van der Waals surface area contributed by atoms with Gasteiger partial charge in [0.15, 0.2) is 0 Å². The molecule has 0 heterocycles. The second-order valence-electron chi connectivity index (χ2n) is 6.58. The summed E-state index contributed by atoms with van der Waals surface area (Å²) in [5, 5.41) is 0. The highest BCUT2D eigenvalue weighted by Crippen LogP contribution is 2.15. The summed E-state index contributed by atoms with van der Waals surface area (Å²) in [7, 11) is 1.64. The van der Waals surface area contributed by atoms with Gasteiger partial charge in [-0.15, -0.1) is 0 Å². The Balaban J connectivity index is 1.69. The van der Waals surface area contributed by atoms with Crippen LogP contribution in [0.15, 0.2) is 60.2 Å². The first kappa shape index (κ1) is 19.9. The number of carbonyl (C=O) groups is 1. The number of aryl methyl sites for hydroxylation is 1. The predicted molar refractivity (Wildman–Crippen MR) is 106 cm³/mol. The maximum atomic E-state index is 11.2. The summed E-state index contributed by atoms with van der Waals surface area (Å²) in [6, 6.07) is 18.2. The molecule has 0 spiro atoms. The third-order valence-corrected chi connectivity index (χ3v) is 4.41. The molecule has 2 aromatic rings. The number of methoxy groups -OCH3 is 1. The van der Waals surface area contributed by atoms with E-state index in [1.165, 1.54) is 5.56 Å². The molecule has 0 bridgehead atoms. The van der Waals surface area contributed by atoms with E-state index in [4.69, 9.17) is 9.47 Å². The van der Waals surface area contributed by atoms with Crippen molar-refractivity contribution < 1.29 is 14.3 Å². The number of benzene rings is 2. The summed E-state index contributed by atoms with van der Waals surface area (Å²) in [5.74, 6) is 1.40. The van der Waals surface area contributed by atoms with E-state index in [-0.39, 0.29) is 0 Å². The molecule has 0 aromatic heterocycles. The standard InChI is InChI=1S/C23H28O3/c1-19(8-9-20-6-4-3-5-7-20)14-15-26-18-22(17-24)16-21-10-12-23(25-2)13-11-21/h3-7,10-13,16-17,19H,8-9,14-15,18H2,1-2H3/b22-16+. The first-order valence-electron chi connectivity index (χ1n) is 9.12. The lowest BCUT2D eigenvalue weighted by Crippen LogP contribution is -2.06. The fourth-order valence-corrected chi connectivity index (χ4v) is 2.70. The highest BCUT2D eigenvalue weighted by Gasteiger charge is 2.04. The van der Waals surface area contributed by atoms with Crippen molar-refractivity contribution in [1.82, 2.24) is 0 Å². The van der Waals surface area contributed by atoms with E-state index < -0.39 is 0 Å². The maximum Gasteiger partial charge on any atom is 0.148 e. The van der Waals surface area contributed by atoms with Gasteiger partial charge in [-0.3, -0.25) is 4.79 Å². The van der Waals surface area contributed by atoms with Gasteiger partial charge in [0, 0.05) is 12.2 Å². The van der Waals surface area contributed by atoms with Gasteiger partial charge in [0.05, 0.1) is 13.7 Å². The molecule has 1 atom stereocenters. The number of ether oxygens (including phenoxy) is 2. The Bertz CT molecular complexity index is 674. The zero-order valence-corrected chi connectivity index (χ0v) is 15.7. The second-order valence-corrected chi connectivity index (χ2v) is 6.58. The summed E-state index contributed by atoms with van der Waals surface area (Å²) in [4.78, 5) is 11.2. The molecule has 26 heavy (non-hydrogen) atoms. The van der Waals surface area contributed by atoms with Crippen LogP contribution < -0.4 is 4.74 Å². The predicted octanol–water partition coefficient (Wildman–Crippen LogP) is 4.95. The fraction of sp³-hybridized carbons (Fsp3) is 0.348. The van der Waals surface area contributed by atoms with Crippen molar-refractivity contribution >= 4 is 12.4 Å². The summed E-state index contributed by atoms with van der Waals surface area (Å²) in [5.41, 5.74) is 2.99. The Morgan fingerprint density at radius 1 is 1.04 bits per heavy atom. The quantitative estimate of drug-likeness (QED) is 0.326. The van der Waals surface area contributed by atoms with E-state index >= 15 is 0 Å². The fourth-order valence-electron chi connectivity index (χ4n) is 2.70. The molecule has 2 aromatic carbocycles. The Morgan fingerprint density at radius 3 is 2.42 bits per heavy atom. The molecular weight excluding hydrogens is 324 g/mol. The van der Waals surface area contributed by atoms with E-state index in [1.807, 2.05) is 36.4 Å². The minimum Gasteiger partial charge on any atom is -0.497 e. The second kappa shape index (κ2) is 11.3. The lowest BCUT2D eigenvalue weighted by atomic mass is 9.99. The first-order valence-corrected chi connectivity index (χ1v) is 9.12. The minimum absolute atomic E-state index is 0.348. The zero-order chi connectivity index (χ0) is 18.6. The summed E-state index contributed by atoms with van der Waals surface area (Å²) in [6.45, 7) is 3.27. The van der Waals surface area contributed by atoms with Gasteiger partial charge in [-0.1, -0.05) is 49.4 Å². The topological polar surface area (TPSA) is 35.5 Å². The van der Waals surface area contributed by atoms with Gasteiger partial charge in [0.2, 0.25) is 0 Å². The highest BCUT2D eigenvalue weighted by molar-refractivity contribution is 5.82. The zero-order valence-electron chi connectivity index (χ0n) is 15.7. The number of carbonyl (C=O) groups excluding carboxylic acids is 1. The average molecular weight is 352 g/mol. The van der Waals surface area contributed by atoms with Crippen molar-refractivity contribution in [2.45, 2.75) is 26.2 Å². The summed E-state index contributed by atoms with van der Waals surface area (Å²) >= 11 is 0. The van der Waals surface area contributed by atoms with E-state index in [1.54, 1.807) is 7.11 Å². The van der Waals surface area contributed by atoms with Gasteiger partial charge in [-0.2, -0.15) is 0 Å². The van der Waals surface area contributed by atoms with Crippen molar-refractivity contribution in [3.8, 4) is 5.75 Å². The molecule has 3 heteroatoms. The van der Waals surface area contributed by atoms with Crippen LogP contribution in [0.5, 0.6) is 5.75 Å². The van der Waals surface area contributed by atoms with E-state index in [0.29, 0.717) is 24.7 Å². The number of aldehydes is 1. The molecular formula is C23H28O3. The number of hydrogen-bond donors (Lipinski definition) is 0. The molecule has 138 valence electrons. The molecule has 0 aliphatic rings. The van der Waals surface area contributed by atoms with E-state index in [0.717, 1.165) is 36.9 Å². The van der Waals surface area contributed by atoms with Crippen molar-refractivity contribution in [1.29, 1.82) is 0 Å². The molecule has 2 rings (SSSR count). The minimum atomic E-state index is 0.348. The van der Waals surface area contributed by atoms with Crippen LogP contribution in [0.25, 0.3) is 6.08 Å². The van der Waals surface area contributed by atoms with Gasteiger partial charge >= 0.3 is 0 Å². The van der Waals surface area contributed by atoms with E-state index in [2.05, 4.69) is 31.2 Å². The lowest BCUT2D eigenvalue weighted by Gasteiger charge is -2.11. The van der Waals surface area contributed by atoms with Crippen LogP contribution >= 0.6 is 0 Å². The SMILES string of the molecule is COc1ccc(/C=C(\C=O)COCCC(C)CCc2ccccc2)cc1. The van der Waals surface area contributed by atoms with Gasteiger partial charge in [0.1, 0.15) is 12.0 Å². The van der Waals surface area contributed by atoms with Crippen LogP contribution in [0.4, 0.5) is 0 Å². The molecule has 0 aliphatic carbocycles. The Labute approximate surface area is 156 Å². The van der Waals surface area contributed by atoms with Crippen LogP contribution in [-0.2, 0) is 16.0 Å². The largest absolute Gasteiger partial charge is 0.497 e. The third-order valence-electron chi connectivity index (χ3n) is 4.41. The van der Waals surface area contributed by atoms with Gasteiger partial charge in [-0.25, -0.2) is 0 Å². The van der Waals surface area contributed by atoms with Crippen molar-refractivity contribution in [2.24, 2.45) is 5.92 Å². The van der Waals surface area contributed by atoms with Crippen LogP contribution in [0.3, 0.4) is 0 Å². The van der Waals surface area contributed by atoms with Crippen LogP contribution in [0.1, 0.15) is 30.9 Å². The summed E-state index contributed by atoms with van der Waals surface area (Å²) < 4.78 is 10.8. The van der Waals surface area contributed by atoms with E-state index in [9.17, 15) is 4.79 Å². The van der Waals surface area contributed by atoms with Gasteiger partial charge in [0.25, 0.3) is 0 Å². The molecule has 3 nitrogen and oxygen atoms in total. The first-order chi connectivity index (χ1) is 12.7. The Morgan fingerprint density at radius 2 is 1.77 bits per heavy atom. The molecule has 0 aliphatic heterocycles. The number of rotatable bonds is 11. The molecule has 0 saturated carbocycles. The van der Waals surface area contributed by atoms with Crippen molar-refractivity contribution in [3.05, 3.63) is 71.3 Å². The van der Waals surface area contributed by atoms with Crippen molar-refractivity contribution in [2.75, 3.05) is 20.3 Å². The van der Waals surface area contributed by atoms with Crippen LogP contribution in [-0.4, -0.2) is 26.6 Å². The highest BCUT2D eigenvalue weighted by atomic mass is 16.5. The van der Waals surface area contributed by atoms with Crippen LogP contribution in [0, 0.1) is 5.92 Å². The molecule has 0 fully saturated rings. The number of hydrogen-bond acceptors (Lipinski definition) is 3. The molecule has 0 saturated heterocycles. The normalized spacial score (nSPS) is 12.6. The smallest absolute Gasteiger partial charge is 0.148 e.